The van der Waals surface area contributed by atoms with E-state index in [2.05, 4.69) is 15.6 Å². The Morgan fingerprint density at radius 2 is 1.44 bits per heavy atom. The molecule has 50 heavy (non-hydrogen) atoms. The Balaban J connectivity index is 1.31. The molecule has 2 saturated heterocycles. The third-order valence-electron chi connectivity index (χ3n) is 10.2. The van der Waals surface area contributed by atoms with E-state index in [0.717, 1.165) is 21.3 Å². The van der Waals surface area contributed by atoms with E-state index in [-0.39, 0.29) is 5.75 Å². The predicted molar refractivity (Wildman–Crippen MR) is 189 cm³/mol. The number of carbonyl (C=O) groups excluding carboxylic acids is 3. The average molecular weight is 679 g/mol. The molecule has 2 amide bonds. The van der Waals surface area contributed by atoms with Gasteiger partial charge in [-0.2, -0.15) is 0 Å². The number of phenolic OH excluding ortho intramolecular Hbond substituents is 1. The highest BCUT2D eigenvalue weighted by molar-refractivity contribution is 7.22. The van der Waals surface area contributed by atoms with E-state index in [1.54, 1.807) is 24.3 Å². The number of ether oxygens (including phenoxy) is 1. The molecule has 3 N–H and O–H groups in total. The lowest BCUT2D eigenvalue weighted by atomic mass is 9.65. The second kappa shape index (κ2) is 11.6. The summed E-state index contributed by atoms with van der Waals surface area (Å²) in [5.41, 5.74) is 2.63. The van der Waals surface area contributed by atoms with Crippen LogP contribution >= 0.6 is 11.3 Å². The smallest absolute Gasteiger partial charge is 0.324 e. The number of nitrogens with zero attached hydrogens (tertiary/aromatic N) is 2. The summed E-state index contributed by atoms with van der Waals surface area (Å²) in [6.07, 6.45) is -0.759. The lowest BCUT2D eigenvalue weighted by Crippen LogP contribution is -2.53. The van der Waals surface area contributed by atoms with Crippen LogP contribution in [0.15, 0.2) is 133 Å². The zero-order chi connectivity index (χ0) is 34.0. The van der Waals surface area contributed by atoms with E-state index in [0.29, 0.717) is 21.9 Å². The molecule has 0 radical (unpaired) electrons. The largest absolute Gasteiger partial charge is 0.508 e. The first kappa shape index (κ1) is 30.2. The number of fused-ring (bicyclic) bond motifs is 4. The van der Waals surface area contributed by atoms with Crippen molar-refractivity contribution >= 4 is 50.2 Å². The Bertz CT molecular complexity index is 2250. The standard InChI is InChI=1S/C40H30N4O5S/c45-26-21-19-25(20-22-26)35-40(27-15-7-8-16-28(27)41-38(40)48)31(36(46)43-39-42-29-17-9-10-18-30(29)50-39)33-37(47)49-34(24-13-5-2-6-14-24)32(44(33)35)23-11-3-1-4-12-23/h1-22,31-35,45H,(H,41,48)(H,42,43,46)/t31-,32-,33-,34+,35+,40-/m1/s1. The van der Waals surface area contributed by atoms with Gasteiger partial charge in [-0.1, -0.05) is 114 Å². The average Bonchev–Trinajstić information content (AvgIpc) is 3.79. The number of phenols is 1. The zero-order valence-corrected chi connectivity index (χ0v) is 27.3. The third kappa shape index (κ3) is 4.49. The topological polar surface area (TPSA) is 121 Å². The van der Waals surface area contributed by atoms with E-state index >= 15 is 4.79 Å². The number of thiazole rings is 1. The highest BCUT2D eigenvalue weighted by atomic mass is 32.1. The van der Waals surface area contributed by atoms with Gasteiger partial charge in [-0.15, -0.1) is 0 Å². The molecule has 3 aliphatic heterocycles. The molecule has 0 bridgehead atoms. The minimum atomic E-state index is -1.59. The van der Waals surface area contributed by atoms with Crippen LogP contribution in [-0.2, 0) is 24.5 Å². The molecule has 0 saturated carbocycles. The van der Waals surface area contributed by atoms with Crippen LogP contribution in [0.4, 0.5) is 10.8 Å². The maximum absolute atomic E-state index is 15.0. The van der Waals surface area contributed by atoms with Crippen molar-refractivity contribution in [1.82, 2.24) is 9.88 Å². The van der Waals surface area contributed by atoms with E-state index < -0.39 is 53.3 Å². The Labute approximate surface area is 291 Å². The molecule has 9 nitrogen and oxygen atoms in total. The van der Waals surface area contributed by atoms with Gasteiger partial charge in [0.15, 0.2) is 5.13 Å². The predicted octanol–water partition coefficient (Wildman–Crippen LogP) is 6.91. The SMILES string of the molecule is O=C1O[C@@H](c2ccccc2)[C@@H](c2ccccc2)N2[C@@H](c3ccc(O)cc3)[C@]3(C(=O)Nc4ccccc43)[C@@H](C(=O)Nc3nc4ccccc4s3)[C@H]12. The van der Waals surface area contributed by atoms with Crippen molar-refractivity contribution in [3.8, 4) is 5.75 Å². The first-order valence-corrected chi connectivity index (χ1v) is 17.2. The van der Waals surface area contributed by atoms with Gasteiger partial charge >= 0.3 is 5.97 Å². The summed E-state index contributed by atoms with van der Waals surface area (Å²) in [5.74, 6) is -2.71. The maximum Gasteiger partial charge on any atom is 0.324 e. The molecule has 6 atom stereocenters. The van der Waals surface area contributed by atoms with Crippen LogP contribution in [0, 0.1) is 5.92 Å². The quantitative estimate of drug-likeness (QED) is 0.170. The van der Waals surface area contributed by atoms with Crippen LogP contribution in [0.5, 0.6) is 5.75 Å². The van der Waals surface area contributed by atoms with Gasteiger partial charge in [-0.25, -0.2) is 4.98 Å². The molecule has 1 aromatic heterocycles. The molecular formula is C40H30N4O5S. The molecule has 0 unspecified atom stereocenters. The van der Waals surface area contributed by atoms with Gasteiger partial charge in [0.1, 0.15) is 23.3 Å². The number of hydrogen-bond donors (Lipinski definition) is 3. The number of nitrogens with one attached hydrogen (secondary N) is 2. The number of para-hydroxylation sites is 2. The minimum absolute atomic E-state index is 0.0542. The lowest BCUT2D eigenvalue weighted by Gasteiger charge is -2.46. The van der Waals surface area contributed by atoms with Gasteiger partial charge < -0.3 is 20.5 Å². The lowest BCUT2D eigenvalue weighted by molar-refractivity contribution is -0.177. The van der Waals surface area contributed by atoms with Crippen molar-refractivity contribution in [1.29, 1.82) is 0 Å². The summed E-state index contributed by atoms with van der Waals surface area (Å²) in [6, 6.07) is 38.3. The summed E-state index contributed by atoms with van der Waals surface area (Å²) in [4.78, 5) is 51.3. The number of aromatic nitrogens is 1. The molecule has 3 aliphatic rings. The molecule has 2 fully saturated rings. The summed E-state index contributed by atoms with van der Waals surface area (Å²) < 4.78 is 7.31. The van der Waals surface area contributed by atoms with E-state index in [4.69, 9.17) is 4.74 Å². The number of benzene rings is 5. The van der Waals surface area contributed by atoms with Gasteiger partial charge in [-0.3, -0.25) is 19.3 Å². The Morgan fingerprint density at radius 1 is 0.780 bits per heavy atom. The highest BCUT2D eigenvalue weighted by Crippen LogP contribution is 2.64. The molecule has 1 spiro atoms. The fraction of sp³-hybridized carbons (Fsp3) is 0.150. The third-order valence-corrected chi connectivity index (χ3v) is 11.2. The van der Waals surface area contributed by atoms with Crippen LogP contribution in [0.1, 0.15) is 40.4 Å². The van der Waals surface area contributed by atoms with Crippen LogP contribution < -0.4 is 10.6 Å². The van der Waals surface area contributed by atoms with E-state index in [9.17, 15) is 14.7 Å². The number of aromatic hydroxyl groups is 1. The van der Waals surface area contributed by atoms with Crippen molar-refractivity contribution in [2.45, 2.75) is 29.6 Å². The number of hydrogen-bond acceptors (Lipinski definition) is 8. The number of esters is 1. The summed E-state index contributed by atoms with van der Waals surface area (Å²) >= 11 is 1.32. The summed E-state index contributed by atoms with van der Waals surface area (Å²) in [6.45, 7) is 0. The van der Waals surface area contributed by atoms with Gasteiger partial charge in [0, 0.05) is 5.69 Å². The van der Waals surface area contributed by atoms with Crippen LogP contribution in [0.3, 0.4) is 0 Å². The molecule has 9 rings (SSSR count). The fourth-order valence-electron chi connectivity index (χ4n) is 8.32. The number of amides is 2. The van der Waals surface area contributed by atoms with Crippen molar-refractivity contribution in [3.63, 3.8) is 0 Å². The normalized spacial score (nSPS) is 25.6. The number of carbonyl (C=O) groups is 3. The Kier molecular flexibility index (Phi) is 7.04. The second-order valence-corrected chi connectivity index (χ2v) is 13.9. The maximum atomic E-state index is 15.0. The van der Waals surface area contributed by atoms with Crippen molar-refractivity contribution in [2.24, 2.45) is 5.92 Å². The van der Waals surface area contributed by atoms with Gasteiger partial charge in [0.25, 0.3) is 0 Å². The molecule has 6 aromatic rings. The number of cyclic esters (lactones) is 1. The van der Waals surface area contributed by atoms with E-state index in [1.807, 2.05) is 114 Å². The van der Waals surface area contributed by atoms with Crippen LogP contribution in [-0.4, -0.2) is 38.8 Å². The minimum Gasteiger partial charge on any atom is -0.508 e. The fourth-order valence-corrected chi connectivity index (χ4v) is 9.18. The van der Waals surface area contributed by atoms with Gasteiger partial charge in [-0.05, 0) is 52.6 Å². The highest BCUT2D eigenvalue weighted by Gasteiger charge is 2.74. The first-order valence-electron chi connectivity index (χ1n) is 16.4. The van der Waals surface area contributed by atoms with Crippen LogP contribution in [0.2, 0.25) is 0 Å². The monoisotopic (exact) mass is 678 g/mol. The number of anilines is 2. The molecule has 0 aliphatic carbocycles. The van der Waals surface area contributed by atoms with Gasteiger partial charge in [0.05, 0.1) is 28.2 Å². The molecule has 4 heterocycles. The zero-order valence-electron chi connectivity index (χ0n) is 26.5. The van der Waals surface area contributed by atoms with Crippen LogP contribution in [0.25, 0.3) is 10.2 Å². The van der Waals surface area contributed by atoms with E-state index in [1.165, 1.54) is 11.3 Å². The number of morpholine rings is 1. The van der Waals surface area contributed by atoms with Gasteiger partial charge in [0.2, 0.25) is 11.8 Å². The molecule has 5 aromatic carbocycles. The van der Waals surface area contributed by atoms with Crippen molar-refractivity contribution in [2.75, 3.05) is 10.6 Å². The molecule has 246 valence electrons. The Morgan fingerprint density at radius 3 is 2.18 bits per heavy atom. The number of rotatable bonds is 5. The van der Waals surface area contributed by atoms with Crippen molar-refractivity contribution < 1.29 is 24.2 Å². The van der Waals surface area contributed by atoms with Crippen molar-refractivity contribution in [3.05, 3.63) is 156 Å². The molecular weight excluding hydrogens is 649 g/mol. The summed E-state index contributed by atoms with van der Waals surface area (Å²) in [7, 11) is 0. The Hall–Kier alpha value is -5.84. The molecule has 10 heteroatoms. The second-order valence-electron chi connectivity index (χ2n) is 12.8. The summed E-state index contributed by atoms with van der Waals surface area (Å²) in [5, 5.41) is 16.8. The first-order chi connectivity index (χ1) is 24.4.